The Bertz CT molecular complexity index is 934. The number of carbonyl (C=O) groups is 2. The summed E-state index contributed by atoms with van der Waals surface area (Å²) in [5.41, 5.74) is 2.71. The smallest absolute Gasteiger partial charge is 0.255 e. The highest BCUT2D eigenvalue weighted by atomic mass is 35.5. The summed E-state index contributed by atoms with van der Waals surface area (Å²) in [6.45, 7) is 11.9. The second kappa shape index (κ2) is 10.9. The van der Waals surface area contributed by atoms with Crippen molar-refractivity contribution in [2.24, 2.45) is 0 Å². The van der Waals surface area contributed by atoms with Gasteiger partial charge in [-0.2, -0.15) is 0 Å². The Kier molecular flexibility index (Phi) is 8.29. The zero-order valence-electron chi connectivity index (χ0n) is 19.2. The Labute approximate surface area is 195 Å². The molecule has 2 unspecified atom stereocenters. The number of nitrogens with zero attached hydrogens (tertiary/aromatic N) is 2. The highest BCUT2D eigenvalue weighted by molar-refractivity contribution is 6.34. The quantitative estimate of drug-likeness (QED) is 0.655. The second-order valence-corrected chi connectivity index (χ2v) is 8.68. The van der Waals surface area contributed by atoms with E-state index in [-0.39, 0.29) is 24.0 Å². The molecule has 0 spiro atoms. The van der Waals surface area contributed by atoms with Crippen molar-refractivity contribution in [2.75, 3.05) is 31.5 Å². The lowest BCUT2D eigenvalue weighted by atomic mass is 10.1. The summed E-state index contributed by atoms with van der Waals surface area (Å²) < 4.78 is 5.79. The highest BCUT2D eigenvalue weighted by Gasteiger charge is 2.22. The van der Waals surface area contributed by atoms with E-state index in [0.717, 1.165) is 25.2 Å². The normalized spacial score (nSPS) is 18.9. The highest BCUT2D eigenvalue weighted by Crippen LogP contribution is 2.23. The number of rotatable bonds is 7. The molecule has 6 nitrogen and oxygen atoms in total. The molecule has 1 saturated heterocycles. The lowest BCUT2D eigenvalue weighted by Crippen LogP contribution is -2.44. The van der Waals surface area contributed by atoms with Crippen LogP contribution in [0.3, 0.4) is 0 Å². The summed E-state index contributed by atoms with van der Waals surface area (Å²) in [7, 11) is 0. The molecule has 32 heavy (non-hydrogen) atoms. The molecular weight excluding hydrogens is 426 g/mol. The van der Waals surface area contributed by atoms with Crippen molar-refractivity contribution < 1.29 is 14.3 Å². The number of morpholine rings is 1. The van der Waals surface area contributed by atoms with Crippen molar-refractivity contribution in [3.8, 4) is 0 Å². The van der Waals surface area contributed by atoms with Crippen LogP contribution in [0.5, 0.6) is 0 Å². The zero-order valence-corrected chi connectivity index (χ0v) is 20.0. The Balaban J connectivity index is 1.62. The molecule has 0 aliphatic carbocycles. The number of ether oxygens (including phenoxy) is 1. The molecule has 7 heteroatoms. The van der Waals surface area contributed by atoms with E-state index >= 15 is 0 Å². The summed E-state index contributed by atoms with van der Waals surface area (Å²) in [6.07, 6.45) is 0.452. The van der Waals surface area contributed by atoms with Gasteiger partial charge in [0.25, 0.3) is 11.8 Å². The van der Waals surface area contributed by atoms with Gasteiger partial charge in [-0.15, -0.1) is 0 Å². The molecule has 2 aromatic rings. The van der Waals surface area contributed by atoms with Crippen molar-refractivity contribution in [1.82, 2.24) is 9.80 Å². The molecule has 0 bridgehead atoms. The maximum atomic E-state index is 12.7. The van der Waals surface area contributed by atoms with E-state index in [1.165, 1.54) is 0 Å². The number of halogens is 1. The molecule has 3 rings (SSSR count). The number of hydrogen-bond acceptors (Lipinski definition) is 4. The average Bonchev–Trinajstić information content (AvgIpc) is 2.74. The Hall–Kier alpha value is -2.41. The van der Waals surface area contributed by atoms with Crippen LogP contribution in [0.15, 0.2) is 42.5 Å². The molecule has 2 atom stereocenters. The van der Waals surface area contributed by atoms with E-state index < -0.39 is 0 Å². The van der Waals surface area contributed by atoms with Crippen LogP contribution >= 0.6 is 11.6 Å². The molecule has 0 saturated carbocycles. The fourth-order valence-corrected chi connectivity index (χ4v) is 4.35. The Morgan fingerprint density at radius 1 is 1.06 bits per heavy atom. The third-order valence-electron chi connectivity index (χ3n) is 5.63. The summed E-state index contributed by atoms with van der Waals surface area (Å²) in [6, 6.07) is 12.6. The molecule has 2 aromatic carbocycles. The SMILES string of the molecule is CCN(CC)C(=O)c1ccc(NC(=O)c2ccc(CN3CC(C)OC(C)C3)cc2)cc1Cl. The fourth-order valence-electron chi connectivity index (χ4n) is 4.08. The Morgan fingerprint density at radius 2 is 1.69 bits per heavy atom. The first kappa shape index (κ1) is 24.2. The molecule has 1 fully saturated rings. The fraction of sp³-hybridized carbons (Fsp3) is 0.440. The maximum Gasteiger partial charge on any atom is 0.255 e. The third kappa shape index (κ3) is 6.09. The minimum atomic E-state index is -0.218. The van der Waals surface area contributed by atoms with Gasteiger partial charge in [0.1, 0.15) is 0 Å². The van der Waals surface area contributed by atoms with Crippen molar-refractivity contribution in [1.29, 1.82) is 0 Å². The largest absolute Gasteiger partial charge is 0.373 e. The van der Waals surface area contributed by atoms with Crippen molar-refractivity contribution in [3.05, 3.63) is 64.2 Å². The van der Waals surface area contributed by atoms with Gasteiger partial charge in [0.05, 0.1) is 22.8 Å². The molecule has 1 aliphatic rings. The van der Waals surface area contributed by atoms with E-state index in [9.17, 15) is 9.59 Å². The predicted octanol–water partition coefficient (Wildman–Crippen LogP) is 4.68. The van der Waals surface area contributed by atoms with Crippen LogP contribution in [0.25, 0.3) is 0 Å². The molecule has 0 aromatic heterocycles. The molecule has 2 amide bonds. The lowest BCUT2D eigenvalue weighted by Gasteiger charge is -2.35. The first-order chi connectivity index (χ1) is 15.3. The van der Waals surface area contributed by atoms with Gasteiger partial charge in [0, 0.05) is 44.0 Å². The van der Waals surface area contributed by atoms with Gasteiger partial charge in [0.15, 0.2) is 0 Å². The van der Waals surface area contributed by atoms with E-state index in [2.05, 4.69) is 24.1 Å². The van der Waals surface area contributed by atoms with Gasteiger partial charge < -0.3 is 15.0 Å². The Morgan fingerprint density at radius 3 is 2.25 bits per heavy atom. The van der Waals surface area contributed by atoms with Gasteiger partial charge in [-0.05, 0) is 63.6 Å². The standard InChI is InChI=1S/C25H32ClN3O3/c1-5-29(6-2)25(31)22-12-11-21(13-23(22)26)27-24(30)20-9-7-19(8-10-20)16-28-14-17(3)32-18(4)15-28/h7-13,17-18H,5-6,14-16H2,1-4H3,(H,27,30). The molecular formula is C25H32ClN3O3. The number of anilines is 1. The van der Waals surface area contributed by atoms with Crippen LogP contribution in [0.4, 0.5) is 5.69 Å². The van der Waals surface area contributed by atoms with Crippen LogP contribution in [0.2, 0.25) is 5.02 Å². The molecule has 1 N–H and O–H groups in total. The summed E-state index contributed by atoms with van der Waals surface area (Å²) >= 11 is 6.33. The monoisotopic (exact) mass is 457 g/mol. The van der Waals surface area contributed by atoms with Gasteiger partial charge in [-0.1, -0.05) is 23.7 Å². The van der Waals surface area contributed by atoms with E-state index in [1.807, 2.05) is 38.1 Å². The average molecular weight is 458 g/mol. The second-order valence-electron chi connectivity index (χ2n) is 8.27. The van der Waals surface area contributed by atoms with Crippen molar-refractivity contribution in [3.63, 3.8) is 0 Å². The molecule has 0 radical (unpaired) electrons. The van der Waals surface area contributed by atoms with Crippen molar-refractivity contribution >= 4 is 29.1 Å². The first-order valence-electron chi connectivity index (χ1n) is 11.2. The number of carbonyl (C=O) groups excluding carboxylic acids is 2. The summed E-state index contributed by atoms with van der Waals surface area (Å²) in [4.78, 5) is 29.3. The van der Waals surface area contributed by atoms with Crippen LogP contribution in [0.1, 0.15) is 54.0 Å². The van der Waals surface area contributed by atoms with Gasteiger partial charge in [-0.3, -0.25) is 14.5 Å². The topological polar surface area (TPSA) is 61.9 Å². The van der Waals surface area contributed by atoms with Gasteiger partial charge in [-0.25, -0.2) is 0 Å². The zero-order chi connectivity index (χ0) is 23.3. The minimum absolute atomic E-state index is 0.113. The van der Waals surface area contributed by atoms with Crippen LogP contribution < -0.4 is 5.32 Å². The van der Waals surface area contributed by atoms with Crippen LogP contribution in [-0.4, -0.2) is 60.0 Å². The van der Waals surface area contributed by atoms with Crippen molar-refractivity contribution in [2.45, 2.75) is 46.4 Å². The van der Waals surface area contributed by atoms with Gasteiger partial charge >= 0.3 is 0 Å². The number of benzene rings is 2. The van der Waals surface area contributed by atoms with Crippen LogP contribution in [0, 0.1) is 0 Å². The van der Waals surface area contributed by atoms with E-state index in [4.69, 9.17) is 16.3 Å². The molecule has 172 valence electrons. The minimum Gasteiger partial charge on any atom is -0.373 e. The van der Waals surface area contributed by atoms with E-state index in [1.54, 1.807) is 23.1 Å². The lowest BCUT2D eigenvalue weighted by molar-refractivity contribution is -0.0704. The number of amides is 2. The van der Waals surface area contributed by atoms with Crippen LogP contribution in [-0.2, 0) is 11.3 Å². The third-order valence-corrected chi connectivity index (χ3v) is 5.94. The summed E-state index contributed by atoms with van der Waals surface area (Å²) in [5.74, 6) is -0.332. The predicted molar refractivity (Wildman–Crippen MR) is 128 cm³/mol. The molecule has 1 aliphatic heterocycles. The number of nitrogens with one attached hydrogen (secondary N) is 1. The van der Waals surface area contributed by atoms with E-state index in [0.29, 0.717) is 34.9 Å². The number of hydrogen-bond donors (Lipinski definition) is 1. The first-order valence-corrected chi connectivity index (χ1v) is 11.5. The maximum absolute atomic E-state index is 12.7. The van der Waals surface area contributed by atoms with Gasteiger partial charge in [0.2, 0.25) is 0 Å². The molecule has 1 heterocycles. The summed E-state index contributed by atoms with van der Waals surface area (Å²) in [5, 5.41) is 3.18.